The Morgan fingerprint density at radius 1 is 1.21 bits per heavy atom. The number of nitrogens with zero attached hydrogens (tertiary/aromatic N) is 1. The lowest BCUT2D eigenvalue weighted by molar-refractivity contribution is 0.0688. The van der Waals surface area contributed by atoms with Gasteiger partial charge in [-0.15, -0.1) is 0 Å². The molecule has 0 bridgehead atoms. The van der Waals surface area contributed by atoms with Crippen molar-refractivity contribution in [3.8, 4) is 5.75 Å². The monoisotopic (exact) mass is 327 g/mol. The summed E-state index contributed by atoms with van der Waals surface area (Å²) in [5.41, 5.74) is 2.64. The molecule has 1 fully saturated rings. The van der Waals surface area contributed by atoms with E-state index in [4.69, 9.17) is 9.84 Å². The van der Waals surface area contributed by atoms with Crippen LogP contribution in [0.1, 0.15) is 21.5 Å². The Bertz CT molecular complexity index is 731. The van der Waals surface area contributed by atoms with Crippen molar-refractivity contribution in [2.45, 2.75) is 25.7 Å². The van der Waals surface area contributed by atoms with Crippen LogP contribution in [0.3, 0.4) is 0 Å². The lowest BCUT2D eigenvalue weighted by atomic mass is 10.1. The number of aryl methyl sites for hydroxylation is 1. The fourth-order valence-corrected chi connectivity index (χ4v) is 2.98. The van der Waals surface area contributed by atoms with Crippen LogP contribution in [0.5, 0.6) is 5.75 Å². The zero-order valence-electron chi connectivity index (χ0n) is 13.6. The first kappa shape index (κ1) is 16.5. The standard InChI is InChI=1S/C19H21NO4/c1-13-5-2-3-6-15(13)10-20-11-17(21)18(12-20)24-16-8-4-7-14(9-16)19(22)23/h2-9,17-18,21H,10-12H2,1H3,(H,22,23)/t17-,18-/m1/s1. The molecule has 0 amide bonds. The van der Waals surface area contributed by atoms with Gasteiger partial charge in [-0.3, -0.25) is 4.90 Å². The van der Waals surface area contributed by atoms with Crippen molar-refractivity contribution in [2.24, 2.45) is 0 Å². The van der Waals surface area contributed by atoms with E-state index in [9.17, 15) is 9.90 Å². The summed E-state index contributed by atoms with van der Waals surface area (Å²) in [6.07, 6.45) is -0.958. The lowest BCUT2D eigenvalue weighted by Gasteiger charge is -2.18. The highest BCUT2D eigenvalue weighted by atomic mass is 16.5. The zero-order chi connectivity index (χ0) is 17.1. The Hall–Kier alpha value is -2.37. The largest absolute Gasteiger partial charge is 0.486 e. The van der Waals surface area contributed by atoms with Crippen molar-refractivity contribution in [1.29, 1.82) is 0 Å². The number of aliphatic hydroxyl groups is 1. The molecule has 0 saturated carbocycles. The van der Waals surface area contributed by atoms with Gasteiger partial charge in [0.2, 0.25) is 0 Å². The number of carboxylic acids is 1. The number of carbonyl (C=O) groups is 1. The second-order valence-electron chi connectivity index (χ2n) is 6.18. The summed E-state index contributed by atoms with van der Waals surface area (Å²) in [5.74, 6) is -0.523. The van der Waals surface area contributed by atoms with Crippen molar-refractivity contribution in [3.05, 3.63) is 65.2 Å². The number of β-amino-alcohol motifs (C(OH)–C–C–N with tert-alkyl or cyclic N) is 1. The van der Waals surface area contributed by atoms with Crippen molar-refractivity contribution >= 4 is 5.97 Å². The molecular formula is C19H21NO4. The van der Waals surface area contributed by atoms with Gasteiger partial charge in [-0.25, -0.2) is 4.79 Å². The van der Waals surface area contributed by atoms with E-state index < -0.39 is 12.1 Å². The molecule has 0 radical (unpaired) electrons. The van der Waals surface area contributed by atoms with Crippen molar-refractivity contribution in [1.82, 2.24) is 4.90 Å². The number of aromatic carboxylic acids is 1. The molecule has 0 aliphatic carbocycles. The Morgan fingerprint density at radius 3 is 2.75 bits per heavy atom. The van der Waals surface area contributed by atoms with Gasteiger partial charge in [-0.05, 0) is 36.2 Å². The van der Waals surface area contributed by atoms with E-state index in [0.717, 1.165) is 6.54 Å². The number of ether oxygens (including phenoxy) is 1. The highest BCUT2D eigenvalue weighted by molar-refractivity contribution is 5.88. The summed E-state index contributed by atoms with van der Waals surface area (Å²) >= 11 is 0. The van der Waals surface area contributed by atoms with Gasteiger partial charge in [0.05, 0.1) is 5.56 Å². The molecule has 2 aromatic rings. The quantitative estimate of drug-likeness (QED) is 0.882. The molecule has 0 unspecified atom stereocenters. The van der Waals surface area contributed by atoms with Crippen LogP contribution in [0.25, 0.3) is 0 Å². The minimum Gasteiger partial charge on any atom is -0.486 e. The first-order valence-corrected chi connectivity index (χ1v) is 7.98. The van der Waals surface area contributed by atoms with Gasteiger partial charge in [0.25, 0.3) is 0 Å². The first-order chi connectivity index (χ1) is 11.5. The Morgan fingerprint density at radius 2 is 2.00 bits per heavy atom. The van der Waals surface area contributed by atoms with Gasteiger partial charge >= 0.3 is 5.97 Å². The molecule has 5 heteroatoms. The highest BCUT2D eigenvalue weighted by Gasteiger charge is 2.33. The third-order valence-corrected chi connectivity index (χ3v) is 4.34. The van der Waals surface area contributed by atoms with Crippen molar-refractivity contribution in [3.63, 3.8) is 0 Å². The third kappa shape index (κ3) is 3.75. The minimum absolute atomic E-state index is 0.178. The summed E-state index contributed by atoms with van der Waals surface area (Å²) in [6.45, 7) is 3.98. The van der Waals surface area contributed by atoms with Gasteiger partial charge < -0.3 is 14.9 Å². The summed E-state index contributed by atoms with van der Waals surface area (Å²) < 4.78 is 5.82. The molecule has 1 aliphatic rings. The van der Waals surface area contributed by atoms with Gasteiger partial charge in [-0.2, -0.15) is 0 Å². The van der Waals surface area contributed by atoms with Crippen LogP contribution in [0, 0.1) is 6.92 Å². The number of carboxylic acid groups (broad SMARTS) is 1. The Labute approximate surface area is 141 Å². The third-order valence-electron chi connectivity index (χ3n) is 4.34. The molecule has 2 aromatic carbocycles. The van der Waals surface area contributed by atoms with E-state index in [1.807, 2.05) is 12.1 Å². The van der Waals surface area contributed by atoms with Gasteiger partial charge in [0, 0.05) is 19.6 Å². The molecule has 0 spiro atoms. The topological polar surface area (TPSA) is 70.0 Å². The van der Waals surface area contributed by atoms with E-state index in [1.54, 1.807) is 12.1 Å². The maximum Gasteiger partial charge on any atom is 0.335 e. The maximum atomic E-state index is 11.0. The second-order valence-corrected chi connectivity index (χ2v) is 6.18. The molecular weight excluding hydrogens is 306 g/mol. The van der Waals surface area contributed by atoms with E-state index >= 15 is 0 Å². The normalized spacial score (nSPS) is 20.9. The molecule has 2 atom stereocenters. The predicted molar refractivity (Wildman–Crippen MR) is 90.3 cm³/mol. The van der Waals surface area contributed by atoms with E-state index in [1.165, 1.54) is 23.3 Å². The summed E-state index contributed by atoms with van der Waals surface area (Å²) in [5, 5.41) is 19.3. The zero-order valence-corrected chi connectivity index (χ0v) is 13.6. The van der Waals surface area contributed by atoms with Crippen LogP contribution in [0.4, 0.5) is 0 Å². The van der Waals surface area contributed by atoms with E-state index in [-0.39, 0.29) is 11.7 Å². The molecule has 0 aromatic heterocycles. The van der Waals surface area contributed by atoms with Gasteiger partial charge in [0.15, 0.2) is 0 Å². The fourth-order valence-electron chi connectivity index (χ4n) is 2.98. The average molecular weight is 327 g/mol. The number of rotatable bonds is 5. The average Bonchev–Trinajstić information content (AvgIpc) is 2.89. The number of benzene rings is 2. The smallest absolute Gasteiger partial charge is 0.335 e. The predicted octanol–water partition coefficient (Wildman–Crippen LogP) is 2.32. The molecule has 2 N–H and O–H groups in total. The number of likely N-dealkylation sites (tertiary alicyclic amines) is 1. The van der Waals surface area contributed by atoms with Crippen LogP contribution < -0.4 is 4.74 Å². The Kier molecular flexibility index (Phi) is 4.83. The van der Waals surface area contributed by atoms with Crippen LogP contribution >= 0.6 is 0 Å². The Balaban J connectivity index is 1.65. The highest BCUT2D eigenvalue weighted by Crippen LogP contribution is 2.22. The van der Waals surface area contributed by atoms with Crippen LogP contribution in [0.2, 0.25) is 0 Å². The van der Waals surface area contributed by atoms with Gasteiger partial charge in [0.1, 0.15) is 18.0 Å². The molecule has 3 rings (SSSR count). The number of hydrogen-bond donors (Lipinski definition) is 2. The molecule has 1 saturated heterocycles. The maximum absolute atomic E-state index is 11.0. The molecule has 1 heterocycles. The molecule has 1 aliphatic heterocycles. The van der Waals surface area contributed by atoms with Crippen LogP contribution in [-0.4, -0.2) is 46.4 Å². The van der Waals surface area contributed by atoms with Crippen molar-refractivity contribution < 1.29 is 19.7 Å². The van der Waals surface area contributed by atoms with Crippen molar-refractivity contribution in [2.75, 3.05) is 13.1 Å². The number of aliphatic hydroxyl groups excluding tert-OH is 1. The fraction of sp³-hybridized carbons (Fsp3) is 0.316. The van der Waals surface area contributed by atoms with E-state index in [2.05, 4.69) is 24.0 Å². The second kappa shape index (κ2) is 7.03. The minimum atomic E-state index is -0.992. The number of hydrogen-bond acceptors (Lipinski definition) is 4. The summed E-state index contributed by atoms with van der Waals surface area (Å²) in [7, 11) is 0. The molecule has 24 heavy (non-hydrogen) atoms. The van der Waals surface area contributed by atoms with Crippen LogP contribution in [0.15, 0.2) is 48.5 Å². The molecule has 5 nitrogen and oxygen atoms in total. The van der Waals surface area contributed by atoms with Crippen LogP contribution in [-0.2, 0) is 6.54 Å². The van der Waals surface area contributed by atoms with Gasteiger partial charge in [-0.1, -0.05) is 30.3 Å². The van der Waals surface area contributed by atoms with E-state index in [0.29, 0.717) is 18.8 Å². The lowest BCUT2D eigenvalue weighted by Crippen LogP contribution is -2.30. The summed E-state index contributed by atoms with van der Waals surface area (Å²) in [4.78, 5) is 13.2. The first-order valence-electron chi connectivity index (χ1n) is 7.98. The SMILES string of the molecule is Cc1ccccc1CN1C[C@@H](O)[C@H](Oc2cccc(C(=O)O)c2)C1. The molecule has 126 valence electrons. The summed E-state index contributed by atoms with van der Waals surface area (Å²) in [6, 6.07) is 14.6.